The second-order valence-corrected chi connectivity index (χ2v) is 7.85. The first kappa shape index (κ1) is 17.2. The average Bonchev–Trinajstić information content (AvgIpc) is 3.24. The van der Waals surface area contributed by atoms with Crippen LogP contribution in [0.15, 0.2) is 47.9 Å². The Morgan fingerprint density at radius 3 is 2.58 bits per heavy atom. The molecule has 0 unspecified atom stereocenters. The van der Waals surface area contributed by atoms with Gasteiger partial charge in [0.1, 0.15) is 0 Å². The van der Waals surface area contributed by atoms with Crippen LogP contribution in [0.25, 0.3) is 5.57 Å². The summed E-state index contributed by atoms with van der Waals surface area (Å²) >= 11 is 1.77. The zero-order valence-corrected chi connectivity index (χ0v) is 15.8. The molecule has 2 amide bonds. The van der Waals surface area contributed by atoms with Gasteiger partial charge < -0.3 is 15.1 Å². The number of amides is 2. The van der Waals surface area contributed by atoms with Crippen LogP contribution < -0.4 is 10.2 Å². The number of hydrogen-bond acceptors (Lipinski definition) is 3. The van der Waals surface area contributed by atoms with E-state index in [1.54, 1.807) is 11.3 Å². The number of rotatable bonds is 3. The number of carbonyl (C=O) groups excluding carboxylic acids is 1. The van der Waals surface area contributed by atoms with Crippen LogP contribution in [0.1, 0.15) is 30.6 Å². The van der Waals surface area contributed by atoms with Gasteiger partial charge in [-0.25, -0.2) is 4.79 Å². The first-order chi connectivity index (χ1) is 12.8. The summed E-state index contributed by atoms with van der Waals surface area (Å²) in [4.78, 5) is 18.4. The molecule has 2 aliphatic rings. The minimum atomic E-state index is -0.00376. The highest BCUT2D eigenvalue weighted by atomic mass is 32.1. The molecule has 1 fully saturated rings. The molecule has 0 atom stereocenters. The summed E-state index contributed by atoms with van der Waals surface area (Å²) in [5.74, 6) is 0. The van der Waals surface area contributed by atoms with E-state index in [-0.39, 0.29) is 6.03 Å². The predicted molar refractivity (Wildman–Crippen MR) is 110 cm³/mol. The van der Waals surface area contributed by atoms with Crippen molar-refractivity contribution < 1.29 is 4.79 Å². The van der Waals surface area contributed by atoms with E-state index in [1.165, 1.54) is 29.7 Å². The lowest BCUT2D eigenvalue weighted by atomic mass is 10.1. The monoisotopic (exact) mass is 367 g/mol. The highest BCUT2D eigenvalue weighted by Gasteiger charge is 2.20. The lowest BCUT2D eigenvalue weighted by Gasteiger charge is -2.31. The summed E-state index contributed by atoms with van der Waals surface area (Å²) < 4.78 is 0. The second kappa shape index (κ2) is 7.96. The van der Waals surface area contributed by atoms with Crippen LogP contribution in [-0.2, 0) is 0 Å². The molecule has 4 rings (SSSR count). The molecule has 1 aromatic carbocycles. The van der Waals surface area contributed by atoms with Crippen molar-refractivity contribution in [3.8, 4) is 0 Å². The smallest absolute Gasteiger partial charge is 0.322 e. The number of urea groups is 1. The Kier molecular flexibility index (Phi) is 5.25. The highest BCUT2D eigenvalue weighted by Crippen LogP contribution is 2.29. The third-order valence-corrected chi connectivity index (χ3v) is 6.12. The first-order valence-electron chi connectivity index (χ1n) is 9.44. The van der Waals surface area contributed by atoms with E-state index in [0.717, 1.165) is 37.4 Å². The number of benzene rings is 1. The lowest BCUT2D eigenvalue weighted by molar-refractivity contribution is 0.217. The second-order valence-electron chi connectivity index (χ2n) is 6.90. The molecule has 1 saturated heterocycles. The minimum absolute atomic E-state index is 0.00376. The summed E-state index contributed by atoms with van der Waals surface area (Å²) in [6.07, 6.45) is 6.86. The van der Waals surface area contributed by atoms with Gasteiger partial charge in [0.2, 0.25) is 0 Å². The van der Waals surface area contributed by atoms with Crippen molar-refractivity contribution in [2.75, 3.05) is 36.4 Å². The van der Waals surface area contributed by atoms with Crippen LogP contribution in [0.2, 0.25) is 0 Å². The van der Waals surface area contributed by atoms with Crippen molar-refractivity contribution in [3.05, 3.63) is 52.7 Å². The Hall–Kier alpha value is -2.27. The third-order valence-electron chi connectivity index (χ3n) is 5.18. The molecule has 2 aromatic rings. The van der Waals surface area contributed by atoms with E-state index >= 15 is 0 Å². The number of nitrogens with zero attached hydrogens (tertiary/aromatic N) is 2. The van der Waals surface area contributed by atoms with Gasteiger partial charge in [-0.2, -0.15) is 0 Å². The molecule has 0 bridgehead atoms. The quantitative estimate of drug-likeness (QED) is 0.823. The molecule has 3 heterocycles. The van der Waals surface area contributed by atoms with Gasteiger partial charge in [0.15, 0.2) is 0 Å². The predicted octanol–water partition coefficient (Wildman–Crippen LogP) is 5.06. The number of nitrogens with one attached hydrogen (secondary N) is 1. The van der Waals surface area contributed by atoms with Crippen LogP contribution in [0.4, 0.5) is 16.2 Å². The van der Waals surface area contributed by atoms with Gasteiger partial charge in [0, 0.05) is 31.1 Å². The van der Waals surface area contributed by atoms with E-state index in [1.807, 2.05) is 17.0 Å². The molecular formula is C21H25N3OS. The van der Waals surface area contributed by atoms with Crippen LogP contribution >= 0.6 is 11.3 Å². The van der Waals surface area contributed by atoms with Crippen molar-refractivity contribution in [1.29, 1.82) is 0 Å². The summed E-state index contributed by atoms with van der Waals surface area (Å²) in [5.41, 5.74) is 3.43. The number of piperidine rings is 1. The number of para-hydroxylation sites is 2. The summed E-state index contributed by atoms with van der Waals surface area (Å²) in [5, 5.41) is 5.25. The number of thiophene rings is 1. The SMILES string of the molecule is O=C(Nc1ccccc1N1CCCCC1)N1CC=C(c2cccs2)CC1. The molecule has 0 radical (unpaired) electrons. The third kappa shape index (κ3) is 3.78. The molecule has 2 aliphatic heterocycles. The lowest BCUT2D eigenvalue weighted by Crippen LogP contribution is -2.38. The Morgan fingerprint density at radius 2 is 1.85 bits per heavy atom. The molecule has 5 heteroatoms. The standard InChI is InChI=1S/C21H25N3OS/c25-21(24-14-10-17(11-15-24)20-9-6-16-26-20)22-18-7-2-3-8-19(18)23-12-4-1-5-13-23/h2-3,6-10,16H,1,4-5,11-15H2,(H,22,25). The van der Waals surface area contributed by atoms with Crippen molar-refractivity contribution >= 4 is 34.3 Å². The van der Waals surface area contributed by atoms with Gasteiger partial charge >= 0.3 is 6.03 Å². The number of carbonyl (C=O) groups is 1. The zero-order chi connectivity index (χ0) is 17.8. The van der Waals surface area contributed by atoms with Crippen LogP contribution in [0.5, 0.6) is 0 Å². The van der Waals surface area contributed by atoms with Gasteiger partial charge in [-0.05, 0) is 54.8 Å². The van der Waals surface area contributed by atoms with Crippen LogP contribution in [0.3, 0.4) is 0 Å². The Bertz CT molecular complexity index is 778. The van der Waals surface area contributed by atoms with E-state index in [4.69, 9.17) is 0 Å². The highest BCUT2D eigenvalue weighted by molar-refractivity contribution is 7.11. The molecule has 26 heavy (non-hydrogen) atoms. The molecule has 4 nitrogen and oxygen atoms in total. The van der Waals surface area contributed by atoms with Crippen molar-refractivity contribution in [2.24, 2.45) is 0 Å². The van der Waals surface area contributed by atoms with Crippen molar-refractivity contribution in [1.82, 2.24) is 4.90 Å². The normalized spacial score (nSPS) is 17.8. The Balaban J connectivity index is 1.43. The van der Waals surface area contributed by atoms with Crippen LogP contribution in [0, 0.1) is 0 Å². The molecule has 0 aliphatic carbocycles. The van der Waals surface area contributed by atoms with Crippen molar-refractivity contribution in [3.63, 3.8) is 0 Å². The van der Waals surface area contributed by atoms with Gasteiger partial charge in [0.05, 0.1) is 11.4 Å². The van der Waals surface area contributed by atoms with E-state index < -0.39 is 0 Å². The fraction of sp³-hybridized carbons (Fsp3) is 0.381. The number of hydrogen-bond donors (Lipinski definition) is 1. The first-order valence-corrected chi connectivity index (χ1v) is 10.3. The zero-order valence-electron chi connectivity index (χ0n) is 15.0. The summed E-state index contributed by atoms with van der Waals surface area (Å²) in [6.45, 7) is 3.58. The molecule has 0 spiro atoms. The molecule has 0 saturated carbocycles. The van der Waals surface area contributed by atoms with E-state index in [2.05, 4.69) is 45.9 Å². The molecule has 136 valence electrons. The van der Waals surface area contributed by atoms with Gasteiger partial charge in [-0.1, -0.05) is 24.3 Å². The Labute approximate surface area is 159 Å². The van der Waals surface area contributed by atoms with E-state index in [9.17, 15) is 4.79 Å². The van der Waals surface area contributed by atoms with E-state index in [0.29, 0.717) is 6.54 Å². The van der Waals surface area contributed by atoms with Crippen LogP contribution in [-0.4, -0.2) is 37.1 Å². The topological polar surface area (TPSA) is 35.6 Å². The van der Waals surface area contributed by atoms with Gasteiger partial charge in [0.25, 0.3) is 0 Å². The largest absolute Gasteiger partial charge is 0.370 e. The summed E-state index contributed by atoms with van der Waals surface area (Å²) in [6, 6.07) is 12.4. The number of anilines is 2. The van der Waals surface area contributed by atoms with Gasteiger partial charge in [-0.15, -0.1) is 11.3 Å². The molecule has 1 aromatic heterocycles. The fourth-order valence-corrected chi connectivity index (χ4v) is 4.52. The van der Waals surface area contributed by atoms with Gasteiger partial charge in [-0.3, -0.25) is 0 Å². The fourth-order valence-electron chi connectivity index (χ4n) is 3.72. The average molecular weight is 368 g/mol. The maximum Gasteiger partial charge on any atom is 0.322 e. The maximum absolute atomic E-state index is 12.8. The minimum Gasteiger partial charge on any atom is -0.370 e. The Morgan fingerprint density at radius 1 is 1.00 bits per heavy atom. The molecular weight excluding hydrogens is 342 g/mol. The van der Waals surface area contributed by atoms with Crippen molar-refractivity contribution in [2.45, 2.75) is 25.7 Å². The summed E-state index contributed by atoms with van der Waals surface area (Å²) in [7, 11) is 0. The maximum atomic E-state index is 12.8. The molecule has 1 N–H and O–H groups in total.